The van der Waals surface area contributed by atoms with Crippen molar-refractivity contribution >= 4 is 22.8 Å². The van der Waals surface area contributed by atoms with Crippen LogP contribution < -0.4 is 4.90 Å². The van der Waals surface area contributed by atoms with Gasteiger partial charge in [-0.1, -0.05) is 18.2 Å². The highest BCUT2D eigenvalue weighted by molar-refractivity contribution is 5.92. The molecular weight excluding hydrogens is 404 g/mol. The van der Waals surface area contributed by atoms with Gasteiger partial charge in [-0.15, -0.1) is 0 Å². The van der Waals surface area contributed by atoms with Gasteiger partial charge in [-0.2, -0.15) is 0 Å². The number of carbonyl (C=O) groups is 1. The first-order valence-electron chi connectivity index (χ1n) is 11.0. The number of hydrogen-bond donors (Lipinski definition) is 1. The number of fused-ring (bicyclic) bond motifs is 1. The van der Waals surface area contributed by atoms with E-state index in [0.717, 1.165) is 41.8 Å². The lowest BCUT2D eigenvalue weighted by Crippen LogP contribution is -2.34. The number of rotatable bonds is 5. The summed E-state index contributed by atoms with van der Waals surface area (Å²) in [7, 11) is 1.78. The van der Waals surface area contributed by atoms with Crippen LogP contribution in [0.4, 0.5) is 10.6 Å². The second kappa shape index (κ2) is 9.02. The molecule has 1 fully saturated rings. The Balaban J connectivity index is 1.63. The van der Waals surface area contributed by atoms with Gasteiger partial charge in [0, 0.05) is 32.1 Å². The van der Waals surface area contributed by atoms with Crippen LogP contribution in [0.1, 0.15) is 25.8 Å². The molecule has 0 radical (unpaired) electrons. The number of hydrogen-bond acceptors (Lipinski definition) is 6. The summed E-state index contributed by atoms with van der Waals surface area (Å²) in [5.41, 5.74) is 2.59. The van der Waals surface area contributed by atoms with Gasteiger partial charge in [-0.25, -0.2) is 14.8 Å². The molecule has 32 heavy (non-hydrogen) atoms. The van der Waals surface area contributed by atoms with Crippen LogP contribution in [0, 0.1) is 12.8 Å². The van der Waals surface area contributed by atoms with Gasteiger partial charge in [0.15, 0.2) is 5.82 Å². The van der Waals surface area contributed by atoms with Gasteiger partial charge in [0.2, 0.25) is 0 Å². The maximum atomic E-state index is 12.2. The van der Waals surface area contributed by atoms with Crippen LogP contribution in [0.2, 0.25) is 0 Å². The van der Waals surface area contributed by atoms with Gasteiger partial charge in [-0.05, 0) is 62.9 Å². The Morgan fingerprint density at radius 1 is 1.25 bits per heavy atom. The molecule has 1 saturated heterocycles. The maximum absolute atomic E-state index is 12.2. The molecule has 2 heterocycles. The third-order valence-corrected chi connectivity index (χ3v) is 5.74. The third-order valence-electron chi connectivity index (χ3n) is 5.74. The standard InChI is InChI=1S/C25H30N4O3/c1-16(2)32-25(31)28(4)14-18-11-12-29(15-18)24-19-10-9-17(3)13-21(19)26-23(27-24)20-7-5-6-8-22(20)30/h5-10,13,16,18,30H,11-12,14-15H2,1-4H3/t18-/m0/s1. The van der Waals surface area contributed by atoms with E-state index < -0.39 is 0 Å². The average molecular weight is 435 g/mol. The van der Waals surface area contributed by atoms with Gasteiger partial charge < -0.3 is 19.6 Å². The first kappa shape index (κ1) is 21.9. The van der Waals surface area contributed by atoms with Crippen LogP contribution in [0.25, 0.3) is 22.3 Å². The van der Waals surface area contributed by atoms with Crippen molar-refractivity contribution in [2.75, 3.05) is 31.6 Å². The molecule has 168 valence electrons. The number of nitrogens with zero attached hydrogens (tertiary/aromatic N) is 4. The Labute approximate surface area is 188 Å². The van der Waals surface area contributed by atoms with Crippen molar-refractivity contribution in [3.05, 3.63) is 48.0 Å². The van der Waals surface area contributed by atoms with Crippen molar-refractivity contribution < 1.29 is 14.6 Å². The molecule has 1 aromatic heterocycles. The first-order chi connectivity index (χ1) is 15.3. The predicted molar refractivity (Wildman–Crippen MR) is 126 cm³/mol. The summed E-state index contributed by atoms with van der Waals surface area (Å²) < 4.78 is 5.31. The molecule has 0 spiro atoms. The average Bonchev–Trinajstić information content (AvgIpc) is 3.20. The van der Waals surface area contributed by atoms with E-state index in [0.29, 0.717) is 23.9 Å². The Bertz CT molecular complexity index is 1130. The molecule has 0 bridgehead atoms. The van der Waals surface area contributed by atoms with Crippen molar-refractivity contribution in [1.82, 2.24) is 14.9 Å². The molecule has 7 nitrogen and oxygen atoms in total. The van der Waals surface area contributed by atoms with E-state index in [1.807, 2.05) is 39.0 Å². The highest BCUT2D eigenvalue weighted by Crippen LogP contribution is 2.34. The Morgan fingerprint density at radius 2 is 2.03 bits per heavy atom. The van der Waals surface area contributed by atoms with Gasteiger partial charge in [-0.3, -0.25) is 0 Å². The second-order valence-corrected chi connectivity index (χ2v) is 8.82. The first-order valence-corrected chi connectivity index (χ1v) is 11.0. The summed E-state index contributed by atoms with van der Waals surface area (Å²) >= 11 is 0. The highest BCUT2D eigenvalue weighted by Gasteiger charge is 2.28. The number of aromatic nitrogens is 2. The zero-order chi connectivity index (χ0) is 22.8. The normalized spacial score (nSPS) is 16.0. The van der Waals surface area contributed by atoms with Gasteiger partial charge in [0.25, 0.3) is 0 Å². The Morgan fingerprint density at radius 3 is 2.78 bits per heavy atom. The van der Waals surface area contributed by atoms with Crippen LogP contribution in [-0.4, -0.2) is 58.9 Å². The number of anilines is 1. The summed E-state index contributed by atoms with van der Waals surface area (Å²) in [4.78, 5) is 25.7. The molecule has 1 aliphatic heterocycles. The molecule has 1 aliphatic rings. The molecule has 1 atom stereocenters. The minimum Gasteiger partial charge on any atom is -0.507 e. The van der Waals surface area contributed by atoms with Crippen LogP contribution in [0.3, 0.4) is 0 Å². The number of phenolic OH excluding ortho intramolecular Hbond substituents is 1. The lowest BCUT2D eigenvalue weighted by atomic mass is 10.1. The zero-order valence-corrected chi connectivity index (χ0v) is 19.1. The highest BCUT2D eigenvalue weighted by atomic mass is 16.6. The number of ether oxygens (including phenoxy) is 1. The van der Waals surface area contributed by atoms with Crippen LogP contribution in [0.5, 0.6) is 5.75 Å². The Hall–Kier alpha value is -3.35. The topological polar surface area (TPSA) is 78.8 Å². The number of para-hydroxylation sites is 1. The fourth-order valence-electron chi connectivity index (χ4n) is 4.17. The molecule has 0 saturated carbocycles. The van der Waals surface area contributed by atoms with Crippen molar-refractivity contribution in [2.45, 2.75) is 33.3 Å². The number of phenols is 1. The number of benzene rings is 2. The summed E-state index contributed by atoms with van der Waals surface area (Å²) in [6.07, 6.45) is 0.541. The molecular formula is C25H30N4O3. The largest absolute Gasteiger partial charge is 0.507 e. The molecule has 7 heteroatoms. The lowest BCUT2D eigenvalue weighted by molar-refractivity contribution is 0.0806. The van der Waals surface area contributed by atoms with E-state index in [1.54, 1.807) is 24.1 Å². The van der Waals surface area contributed by atoms with Crippen LogP contribution in [0.15, 0.2) is 42.5 Å². The number of aromatic hydroxyl groups is 1. The van der Waals surface area contributed by atoms with E-state index in [4.69, 9.17) is 14.7 Å². The van der Waals surface area contributed by atoms with Crippen molar-refractivity contribution in [3.63, 3.8) is 0 Å². The van der Waals surface area contributed by atoms with E-state index in [-0.39, 0.29) is 17.9 Å². The number of aryl methyl sites for hydroxylation is 1. The van der Waals surface area contributed by atoms with Crippen LogP contribution in [-0.2, 0) is 4.74 Å². The van der Waals surface area contributed by atoms with Gasteiger partial charge >= 0.3 is 6.09 Å². The van der Waals surface area contributed by atoms with E-state index in [2.05, 4.69) is 17.0 Å². The molecule has 3 aromatic rings. The quantitative estimate of drug-likeness (QED) is 0.632. The SMILES string of the molecule is Cc1ccc2c(N3CC[C@@H](CN(C)C(=O)OC(C)C)C3)nc(-c3ccccc3O)nc2c1. The third kappa shape index (κ3) is 4.61. The fourth-order valence-corrected chi connectivity index (χ4v) is 4.17. The molecule has 2 aromatic carbocycles. The molecule has 0 aliphatic carbocycles. The molecule has 0 unspecified atom stereocenters. The smallest absolute Gasteiger partial charge is 0.409 e. The summed E-state index contributed by atoms with van der Waals surface area (Å²) in [6, 6.07) is 13.3. The van der Waals surface area contributed by atoms with Gasteiger partial charge in [0.05, 0.1) is 17.2 Å². The van der Waals surface area contributed by atoms with Crippen molar-refractivity contribution in [3.8, 4) is 17.1 Å². The van der Waals surface area contributed by atoms with E-state index in [9.17, 15) is 9.90 Å². The summed E-state index contributed by atoms with van der Waals surface area (Å²) in [5.74, 6) is 1.86. The minimum absolute atomic E-state index is 0.131. The minimum atomic E-state index is -0.289. The maximum Gasteiger partial charge on any atom is 0.409 e. The number of carbonyl (C=O) groups excluding carboxylic acids is 1. The number of amides is 1. The van der Waals surface area contributed by atoms with E-state index >= 15 is 0 Å². The monoisotopic (exact) mass is 434 g/mol. The van der Waals surface area contributed by atoms with Crippen molar-refractivity contribution in [2.24, 2.45) is 5.92 Å². The van der Waals surface area contributed by atoms with Crippen LogP contribution >= 0.6 is 0 Å². The molecule has 1 N–H and O–H groups in total. The van der Waals surface area contributed by atoms with Crippen molar-refractivity contribution in [1.29, 1.82) is 0 Å². The molecule has 4 rings (SSSR count). The van der Waals surface area contributed by atoms with E-state index in [1.165, 1.54) is 0 Å². The molecule has 1 amide bonds. The summed E-state index contributed by atoms with van der Waals surface area (Å²) in [6.45, 7) is 8.02. The lowest BCUT2D eigenvalue weighted by Gasteiger charge is -2.23. The predicted octanol–water partition coefficient (Wildman–Crippen LogP) is 4.61. The second-order valence-electron chi connectivity index (χ2n) is 8.82. The summed E-state index contributed by atoms with van der Waals surface area (Å²) in [5, 5.41) is 11.3. The zero-order valence-electron chi connectivity index (χ0n) is 19.1. The Kier molecular flexibility index (Phi) is 6.17. The van der Waals surface area contributed by atoms with Gasteiger partial charge in [0.1, 0.15) is 11.6 Å². The fraction of sp³-hybridized carbons (Fsp3) is 0.400.